The molecule has 1 aliphatic heterocycles. The smallest absolute Gasteiger partial charge is 0.439 e. The predicted molar refractivity (Wildman–Crippen MR) is 70.4 cm³/mol. The highest BCUT2D eigenvalue weighted by atomic mass is 19.4. The number of hydrogen-bond acceptors (Lipinski definition) is 4. The summed E-state index contributed by atoms with van der Waals surface area (Å²) in [6.45, 7) is 3.74. The maximum absolute atomic E-state index is 14.6. The minimum absolute atomic E-state index is 0.384. The molecule has 0 amide bonds. The van der Waals surface area contributed by atoms with Crippen LogP contribution in [0.2, 0.25) is 0 Å². The predicted octanol–water partition coefficient (Wildman–Crippen LogP) is 4.42. The van der Waals surface area contributed by atoms with Gasteiger partial charge in [0.15, 0.2) is 5.60 Å². The van der Waals surface area contributed by atoms with Gasteiger partial charge in [-0.05, 0) is 13.3 Å². The van der Waals surface area contributed by atoms with Crippen LogP contribution in [0.1, 0.15) is 26.7 Å². The van der Waals surface area contributed by atoms with Gasteiger partial charge in [0.25, 0.3) is 5.60 Å². The van der Waals surface area contributed by atoms with Gasteiger partial charge in [-0.1, -0.05) is 13.5 Å². The molecule has 1 heterocycles. The van der Waals surface area contributed by atoms with Crippen molar-refractivity contribution in [3.05, 3.63) is 12.2 Å². The van der Waals surface area contributed by atoms with E-state index >= 15 is 0 Å². The SMILES string of the molecule is C=C(C)C(=O)OC1(C(F)(F)F)CC(CC)(C(F)(F)F)OC(O)(C(F)(F)F)C1(F)F. The Labute approximate surface area is 155 Å². The number of carbonyl (C=O) groups excluding carboxylic acids is 1. The summed E-state index contributed by atoms with van der Waals surface area (Å²) >= 11 is 0. The number of carbonyl (C=O) groups is 1. The molecule has 0 saturated carbocycles. The molecule has 1 rings (SSSR count). The monoisotopic (exact) mass is 454 g/mol. The molecule has 0 spiro atoms. The molecule has 29 heavy (non-hydrogen) atoms. The lowest BCUT2D eigenvalue weighted by Gasteiger charge is -2.56. The van der Waals surface area contributed by atoms with Gasteiger partial charge in [-0.25, -0.2) is 4.79 Å². The van der Waals surface area contributed by atoms with E-state index in [0.29, 0.717) is 13.8 Å². The standard InChI is InChI=1S/C14H13F11O4/c1-4-8(12(17,18)19)5-9(13(20,21)22,28-7(26)6(2)3)10(15,16)11(27,29-8)14(23,24)25/h27H,2,4-5H2,1,3H3. The number of ether oxygens (including phenoxy) is 2. The summed E-state index contributed by atoms with van der Waals surface area (Å²) < 4.78 is 157. The first kappa shape index (κ1) is 25.4. The third kappa shape index (κ3) is 3.45. The summed E-state index contributed by atoms with van der Waals surface area (Å²) in [5.41, 5.74) is -11.4. The van der Waals surface area contributed by atoms with Gasteiger partial charge in [0.05, 0.1) is 0 Å². The number of halogens is 11. The number of aliphatic hydroxyl groups is 1. The van der Waals surface area contributed by atoms with E-state index in [1.165, 1.54) is 0 Å². The van der Waals surface area contributed by atoms with E-state index < -0.39 is 65.8 Å². The van der Waals surface area contributed by atoms with Crippen molar-refractivity contribution >= 4 is 5.97 Å². The summed E-state index contributed by atoms with van der Waals surface area (Å²) in [5, 5.41) is 9.41. The second kappa shape index (κ2) is 6.68. The van der Waals surface area contributed by atoms with E-state index in [2.05, 4.69) is 16.1 Å². The zero-order chi connectivity index (χ0) is 23.5. The highest BCUT2D eigenvalue weighted by Crippen LogP contribution is 2.65. The van der Waals surface area contributed by atoms with Crippen molar-refractivity contribution in [3.8, 4) is 0 Å². The van der Waals surface area contributed by atoms with Gasteiger partial charge < -0.3 is 14.6 Å². The third-order valence-corrected chi connectivity index (χ3v) is 4.36. The third-order valence-electron chi connectivity index (χ3n) is 4.36. The molecular weight excluding hydrogens is 441 g/mol. The lowest BCUT2D eigenvalue weighted by atomic mass is 9.73. The minimum atomic E-state index is -6.87. The Kier molecular flexibility index (Phi) is 5.85. The number of hydrogen-bond donors (Lipinski definition) is 1. The molecule has 3 atom stereocenters. The van der Waals surface area contributed by atoms with Crippen LogP contribution in [0.4, 0.5) is 48.3 Å². The van der Waals surface area contributed by atoms with Gasteiger partial charge in [0.2, 0.25) is 0 Å². The average molecular weight is 454 g/mol. The molecular formula is C14H13F11O4. The van der Waals surface area contributed by atoms with Crippen LogP contribution in [0.5, 0.6) is 0 Å². The summed E-state index contributed by atoms with van der Waals surface area (Å²) in [7, 11) is 0. The van der Waals surface area contributed by atoms with Crippen LogP contribution >= 0.6 is 0 Å². The van der Waals surface area contributed by atoms with Crippen LogP contribution in [0.15, 0.2) is 12.2 Å². The maximum atomic E-state index is 14.6. The molecule has 0 aliphatic carbocycles. The molecule has 1 aliphatic rings. The van der Waals surface area contributed by atoms with Crippen molar-refractivity contribution < 1.29 is 67.7 Å². The van der Waals surface area contributed by atoms with Crippen molar-refractivity contribution in [2.75, 3.05) is 0 Å². The Morgan fingerprint density at radius 3 is 1.76 bits per heavy atom. The molecule has 1 N–H and O–H groups in total. The molecule has 1 saturated heterocycles. The fourth-order valence-corrected chi connectivity index (χ4v) is 2.64. The number of esters is 1. The van der Waals surface area contributed by atoms with E-state index in [9.17, 15) is 58.2 Å². The molecule has 0 aromatic carbocycles. The van der Waals surface area contributed by atoms with Gasteiger partial charge in [-0.3, -0.25) is 0 Å². The van der Waals surface area contributed by atoms with Crippen LogP contribution in [0.3, 0.4) is 0 Å². The van der Waals surface area contributed by atoms with Gasteiger partial charge >= 0.3 is 36.2 Å². The fraction of sp³-hybridized carbons (Fsp3) is 0.786. The number of rotatable bonds is 3. The lowest BCUT2D eigenvalue weighted by molar-refractivity contribution is -0.536. The van der Waals surface area contributed by atoms with Crippen molar-refractivity contribution in [2.24, 2.45) is 0 Å². The molecule has 0 aromatic rings. The fourth-order valence-electron chi connectivity index (χ4n) is 2.64. The first-order valence-electron chi connectivity index (χ1n) is 7.44. The highest BCUT2D eigenvalue weighted by molar-refractivity contribution is 5.87. The molecule has 0 bridgehead atoms. The zero-order valence-corrected chi connectivity index (χ0v) is 14.5. The topological polar surface area (TPSA) is 55.8 Å². The second-order valence-corrected chi connectivity index (χ2v) is 6.34. The van der Waals surface area contributed by atoms with E-state index in [-0.39, 0.29) is 0 Å². The Hall–Kier alpha value is -1.64. The largest absolute Gasteiger partial charge is 0.449 e. The minimum Gasteiger partial charge on any atom is -0.439 e. The molecule has 3 unspecified atom stereocenters. The van der Waals surface area contributed by atoms with Crippen LogP contribution in [-0.2, 0) is 14.3 Å². The Morgan fingerprint density at radius 2 is 1.48 bits per heavy atom. The van der Waals surface area contributed by atoms with E-state index in [1.54, 1.807) is 0 Å². The van der Waals surface area contributed by atoms with Crippen LogP contribution < -0.4 is 0 Å². The van der Waals surface area contributed by atoms with Crippen molar-refractivity contribution in [1.29, 1.82) is 0 Å². The Balaban J connectivity index is 4.06. The normalized spacial score (nSPS) is 33.3. The summed E-state index contributed by atoms with van der Waals surface area (Å²) in [6, 6.07) is 0. The van der Waals surface area contributed by atoms with E-state index in [1.807, 2.05) is 0 Å². The number of alkyl halides is 11. The van der Waals surface area contributed by atoms with Crippen molar-refractivity contribution in [2.45, 2.75) is 68.1 Å². The first-order valence-corrected chi connectivity index (χ1v) is 7.44. The van der Waals surface area contributed by atoms with E-state index in [0.717, 1.165) is 0 Å². The molecule has 170 valence electrons. The highest BCUT2D eigenvalue weighted by Gasteiger charge is 2.92. The summed E-state index contributed by atoms with van der Waals surface area (Å²) in [4.78, 5) is 11.5. The zero-order valence-electron chi connectivity index (χ0n) is 14.5. The molecule has 0 aromatic heterocycles. The van der Waals surface area contributed by atoms with Crippen LogP contribution in [0.25, 0.3) is 0 Å². The van der Waals surface area contributed by atoms with Gasteiger partial charge in [0, 0.05) is 12.0 Å². The van der Waals surface area contributed by atoms with E-state index in [4.69, 9.17) is 0 Å². The quantitative estimate of drug-likeness (QED) is 0.390. The summed E-state index contributed by atoms with van der Waals surface area (Å²) in [6.07, 6.45) is -24.5. The molecule has 4 nitrogen and oxygen atoms in total. The second-order valence-electron chi connectivity index (χ2n) is 6.34. The average Bonchev–Trinajstić information content (AvgIpc) is 2.48. The molecule has 1 fully saturated rings. The van der Waals surface area contributed by atoms with Gasteiger partial charge in [-0.15, -0.1) is 0 Å². The Morgan fingerprint density at radius 1 is 1.03 bits per heavy atom. The first-order chi connectivity index (χ1) is 12.6. The lowest BCUT2D eigenvalue weighted by Crippen LogP contribution is -2.82. The molecule has 15 heteroatoms. The molecule has 0 radical (unpaired) electrons. The van der Waals surface area contributed by atoms with Gasteiger partial charge in [0.1, 0.15) is 0 Å². The van der Waals surface area contributed by atoms with Crippen LogP contribution in [0, 0.1) is 0 Å². The van der Waals surface area contributed by atoms with Crippen molar-refractivity contribution in [1.82, 2.24) is 0 Å². The van der Waals surface area contributed by atoms with Gasteiger partial charge in [-0.2, -0.15) is 48.3 Å². The van der Waals surface area contributed by atoms with Crippen molar-refractivity contribution in [3.63, 3.8) is 0 Å². The van der Waals surface area contributed by atoms with Crippen LogP contribution in [-0.4, -0.2) is 52.5 Å². The maximum Gasteiger partial charge on any atom is 0.449 e. The summed E-state index contributed by atoms with van der Waals surface area (Å²) in [5.74, 6) is -15.3. The Bertz CT molecular complexity index is 681.